The first kappa shape index (κ1) is 18.2. The molecule has 3 rings (SSSR count). The summed E-state index contributed by atoms with van der Waals surface area (Å²) in [5.74, 6) is 2.11. The standard InChI is InChI=1S/C18H17Cl2NO3S/c19-13-4-1-3-12(7-13)10-25-11-18(22)21-15-9-17-16(8-14(15)20)23-5-2-6-24-17/h1,3-4,7-9H,2,5-6,10-11H2,(H,21,22). The number of thioether (sulfide) groups is 1. The molecule has 1 N–H and O–H groups in total. The number of anilines is 1. The van der Waals surface area contributed by atoms with E-state index < -0.39 is 0 Å². The second-order valence-corrected chi connectivity index (χ2v) is 7.33. The zero-order valence-electron chi connectivity index (χ0n) is 13.4. The Morgan fingerprint density at radius 3 is 2.64 bits per heavy atom. The lowest BCUT2D eigenvalue weighted by Gasteiger charge is -2.12. The van der Waals surface area contributed by atoms with E-state index in [2.05, 4.69) is 5.32 Å². The topological polar surface area (TPSA) is 47.6 Å². The van der Waals surface area contributed by atoms with Crippen molar-refractivity contribution in [3.8, 4) is 11.5 Å². The van der Waals surface area contributed by atoms with Crippen molar-refractivity contribution in [3.05, 3.63) is 52.0 Å². The SMILES string of the molecule is O=C(CSCc1cccc(Cl)c1)Nc1cc2c(cc1Cl)OCCCO2. The number of rotatable bonds is 5. The summed E-state index contributed by atoms with van der Waals surface area (Å²) in [4.78, 5) is 12.2. The number of carbonyl (C=O) groups is 1. The minimum atomic E-state index is -0.122. The molecule has 0 radical (unpaired) electrons. The average Bonchev–Trinajstić information content (AvgIpc) is 2.80. The average molecular weight is 398 g/mol. The van der Waals surface area contributed by atoms with Crippen LogP contribution in [0.2, 0.25) is 10.0 Å². The van der Waals surface area contributed by atoms with E-state index in [0.717, 1.165) is 12.0 Å². The predicted octanol–water partition coefficient (Wildman–Crippen LogP) is 5.03. The fraction of sp³-hybridized carbons (Fsp3) is 0.278. The number of carbonyl (C=O) groups excluding carboxylic acids is 1. The fourth-order valence-electron chi connectivity index (χ4n) is 2.35. The molecule has 25 heavy (non-hydrogen) atoms. The number of fused-ring (bicyclic) bond motifs is 1. The Balaban J connectivity index is 1.56. The van der Waals surface area contributed by atoms with Gasteiger partial charge in [0.2, 0.25) is 5.91 Å². The van der Waals surface area contributed by atoms with Crippen molar-refractivity contribution in [2.24, 2.45) is 0 Å². The van der Waals surface area contributed by atoms with Crippen LogP contribution in [0.1, 0.15) is 12.0 Å². The maximum absolute atomic E-state index is 12.2. The summed E-state index contributed by atoms with van der Waals surface area (Å²) in [5.41, 5.74) is 1.61. The van der Waals surface area contributed by atoms with Gasteiger partial charge >= 0.3 is 0 Å². The van der Waals surface area contributed by atoms with Crippen LogP contribution in [-0.2, 0) is 10.5 Å². The van der Waals surface area contributed by atoms with Gasteiger partial charge in [-0.1, -0.05) is 35.3 Å². The summed E-state index contributed by atoms with van der Waals surface area (Å²) >= 11 is 13.7. The highest BCUT2D eigenvalue weighted by atomic mass is 35.5. The highest BCUT2D eigenvalue weighted by Gasteiger charge is 2.15. The van der Waals surface area contributed by atoms with Crippen molar-refractivity contribution in [1.29, 1.82) is 0 Å². The van der Waals surface area contributed by atoms with Crippen LogP contribution in [0.25, 0.3) is 0 Å². The van der Waals surface area contributed by atoms with Crippen LogP contribution < -0.4 is 14.8 Å². The number of hydrogen-bond donors (Lipinski definition) is 1. The van der Waals surface area contributed by atoms with E-state index in [1.807, 2.05) is 24.3 Å². The van der Waals surface area contributed by atoms with Gasteiger partial charge in [0.1, 0.15) is 0 Å². The molecule has 2 aromatic rings. The summed E-state index contributed by atoms with van der Waals surface area (Å²) < 4.78 is 11.2. The third-order valence-electron chi connectivity index (χ3n) is 3.50. The molecule has 1 aliphatic heterocycles. The Bertz CT molecular complexity index is 770. The lowest BCUT2D eigenvalue weighted by atomic mass is 10.2. The van der Waals surface area contributed by atoms with Crippen LogP contribution in [-0.4, -0.2) is 24.9 Å². The molecule has 7 heteroatoms. The third-order valence-corrected chi connectivity index (χ3v) is 5.05. The summed E-state index contributed by atoms with van der Waals surface area (Å²) in [6, 6.07) is 11.0. The first-order valence-electron chi connectivity index (χ1n) is 7.83. The van der Waals surface area contributed by atoms with Crippen molar-refractivity contribution in [1.82, 2.24) is 0 Å². The molecule has 0 saturated heterocycles. The Morgan fingerprint density at radius 1 is 1.12 bits per heavy atom. The monoisotopic (exact) mass is 397 g/mol. The predicted molar refractivity (Wildman–Crippen MR) is 103 cm³/mol. The number of halogens is 2. The number of nitrogens with one attached hydrogen (secondary N) is 1. The molecule has 0 aliphatic carbocycles. The minimum Gasteiger partial charge on any atom is -0.490 e. The summed E-state index contributed by atoms with van der Waals surface area (Å²) in [5, 5.41) is 3.95. The third kappa shape index (κ3) is 5.21. The van der Waals surface area contributed by atoms with Crippen molar-refractivity contribution in [2.75, 3.05) is 24.3 Å². The van der Waals surface area contributed by atoms with Crippen molar-refractivity contribution in [3.63, 3.8) is 0 Å². The maximum atomic E-state index is 12.2. The van der Waals surface area contributed by atoms with E-state index in [9.17, 15) is 4.79 Å². The smallest absolute Gasteiger partial charge is 0.234 e. The lowest BCUT2D eigenvalue weighted by Crippen LogP contribution is -2.14. The van der Waals surface area contributed by atoms with E-state index in [0.29, 0.717) is 52.0 Å². The Morgan fingerprint density at radius 2 is 1.88 bits per heavy atom. The summed E-state index contributed by atoms with van der Waals surface area (Å²) in [6.07, 6.45) is 0.814. The molecule has 2 aromatic carbocycles. The molecular formula is C18H17Cl2NO3S. The second-order valence-electron chi connectivity index (χ2n) is 5.50. The summed E-state index contributed by atoms with van der Waals surface area (Å²) in [6.45, 7) is 1.17. The van der Waals surface area contributed by atoms with Gasteiger partial charge in [0.25, 0.3) is 0 Å². The van der Waals surface area contributed by atoms with Crippen LogP contribution in [0, 0.1) is 0 Å². The van der Waals surface area contributed by atoms with Crippen LogP contribution in [0.3, 0.4) is 0 Å². The summed E-state index contributed by atoms with van der Waals surface area (Å²) in [7, 11) is 0. The molecule has 0 saturated carbocycles. The van der Waals surface area contributed by atoms with Gasteiger partial charge in [0.05, 0.1) is 29.7 Å². The highest BCUT2D eigenvalue weighted by Crippen LogP contribution is 2.37. The zero-order chi connectivity index (χ0) is 17.6. The zero-order valence-corrected chi connectivity index (χ0v) is 15.7. The van der Waals surface area contributed by atoms with Crippen LogP contribution in [0.4, 0.5) is 5.69 Å². The number of amides is 1. The minimum absolute atomic E-state index is 0.122. The molecule has 0 unspecified atom stereocenters. The molecule has 4 nitrogen and oxygen atoms in total. The first-order valence-corrected chi connectivity index (χ1v) is 9.74. The van der Waals surface area contributed by atoms with Gasteiger partial charge < -0.3 is 14.8 Å². The van der Waals surface area contributed by atoms with E-state index in [1.165, 1.54) is 11.8 Å². The van der Waals surface area contributed by atoms with Crippen LogP contribution >= 0.6 is 35.0 Å². The quantitative estimate of drug-likeness (QED) is 0.768. The van der Waals surface area contributed by atoms with Crippen LogP contribution in [0.5, 0.6) is 11.5 Å². The molecular weight excluding hydrogens is 381 g/mol. The van der Waals surface area contributed by atoms with Gasteiger partial charge in [-0.3, -0.25) is 4.79 Å². The maximum Gasteiger partial charge on any atom is 0.234 e. The normalized spacial score (nSPS) is 13.2. The van der Waals surface area contributed by atoms with E-state index in [1.54, 1.807) is 12.1 Å². The Kier molecular flexibility index (Phi) is 6.34. The second kappa shape index (κ2) is 8.70. The highest BCUT2D eigenvalue weighted by molar-refractivity contribution is 7.99. The lowest BCUT2D eigenvalue weighted by molar-refractivity contribution is -0.113. The van der Waals surface area contributed by atoms with Crippen molar-refractivity contribution < 1.29 is 14.3 Å². The number of ether oxygens (including phenoxy) is 2. The van der Waals surface area contributed by atoms with E-state index in [4.69, 9.17) is 32.7 Å². The van der Waals surface area contributed by atoms with Crippen molar-refractivity contribution in [2.45, 2.75) is 12.2 Å². The molecule has 0 spiro atoms. The fourth-order valence-corrected chi connectivity index (χ4v) is 3.54. The van der Waals surface area contributed by atoms with Gasteiger partial charge in [0, 0.05) is 29.3 Å². The van der Waals surface area contributed by atoms with Gasteiger partial charge in [-0.25, -0.2) is 0 Å². The Labute approximate surface area is 160 Å². The molecule has 0 fully saturated rings. The largest absolute Gasteiger partial charge is 0.490 e. The molecule has 1 amide bonds. The molecule has 132 valence electrons. The Hall–Kier alpha value is -1.56. The van der Waals surface area contributed by atoms with Crippen molar-refractivity contribution >= 4 is 46.6 Å². The van der Waals surface area contributed by atoms with Gasteiger partial charge in [-0.05, 0) is 17.7 Å². The number of benzene rings is 2. The van der Waals surface area contributed by atoms with E-state index in [-0.39, 0.29) is 5.91 Å². The van der Waals surface area contributed by atoms with Gasteiger partial charge in [-0.2, -0.15) is 0 Å². The first-order chi connectivity index (χ1) is 12.1. The van der Waals surface area contributed by atoms with Gasteiger partial charge in [-0.15, -0.1) is 11.8 Å². The number of hydrogen-bond acceptors (Lipinski definition) is 4. The molecule has 0 bridgehead atoms. The van der Waals surface area contributed by atoms with Crippen LogP contribution in [0.15, 0.2) is 36.4 Å². The van der Waals surface area contributed by atoms with Gasteiger partial charge in [0.15, 0.2) is 11.5 Å². The van der Waals surface area contributed by atoms with E-state index >= 15 is 0 Å². The molecule has 0 atom stereocenters. The molecule has 1 heterocycles. The molecule has 1 aliphatic rings. The molecule has 0 aromatic heterocycles.